The average Bonchev–Trinajstić information content (AvgIpc) is 3.11. The van der Waals surface area contributed by atoms with Gasteiger partial charge in [-0.2, -0.15) is 5.26 Å². The minimum atomic E-state index is -0.925. The first-order valence-electron chi connectivity index (χ1n) is 10.7. The summed E-state index contributed by atoms with van der Waals surface area (Å²) in [5, 5.41) is 20.8. The molecule has 1 fully saturated rings. The fourth-order valence-corrected chi connectivity index (χ4v) is 4.21. The van der Waals surface area contributed by atoms with Crippen molar-refractivity contribution in [2.75, 3.05) is 4.90 Å². The fourth-order valence-electron chi connectivity index (χ4n) is 3.91. The van der Waals surface area contributed by atoms with Crippen molar-refractivity contribution >= 4 is 46.3 Å². The Morgan fingerprint density at radius 2 is 1.66 bits per heavy atom. The number of nitriles is 1. The Morgan fingerprint density at radius 1 is 1.00 bits per heavy atom. The van der Waals surface area contributed by atoms with Crippen LogP contribution in [0.15, 0.2) is 72.3 Å². The van der Waals surface area contributed by atoms with Crippen molar-refractivity contribution in [3.63, 3.8) is 0 Å². The van der Waals surface area contributed by atoms with E-state index in [1.54, 1.807) is 48.5 Å². The highest BCUT2D eigenvalue weighted by atomic mass is 35.5. The third kappa shape index (κ3) is 4.74. The molecule has 0 aromatic heterocycles. The van der Waals surface area contributed by atoms with Gasteiger partial charge in [0.05, 0.1) is 39.4 Å². The highest BCUT2D eigenvalue weighted by molar-refractivity contribution is 6.51. The lowest BCUT2D eigenvalue weighted by Gasteiger charge is -2.25. The number of aliphatic hydroxyl groups is 1. The summed E-state index contributed by atoms with van der Waals surface area (Å²) in [5.74, 6) is -1.39. The number of Topliss-reactive ketones (excluding diaryl/α,β-unsaturated/α-hetero) is 1. The topological polar surface area (TPSA) is 90.6 Å². The number of nitrogens with zero attached hydrogens (tertiary/aromatic N) is 2. The first kappa shape index (κ1) is 24.3. The molecular weight excluding hydrogens is 487 g/mol. The largest absolute Gasteiger partial charge is 0.507 e. The molecule has 1 atom stereocenters. The number of carbonyl (C=O) groups is 2. The van der Waals surface area contributed by atoms with Crippen molar-refractivity contribution in [1.29, 1.82) is 5.26 Å². The molecule has 1 heterocycles. The van der Waals surface area contributed by atoms with Gasteiger partial charge in [-0.3, -0.25) is 14.5 Å². The zero-order valence-electron chi connectivity index (χ0n) is 18.8. The van der Waals surface area contributed by atoms with Crippen LogP contribution in [0.5, 0.6) is 5.75 Å². The summed E-state index contributed by atoms with van der Waals surface area (Å²) in [6, 6.07) is 18.8. The maximum atomic E-state index is 13.2. The summed E-state index contributed by atoms with van der Waals surface area (Å²) >= 11 is 12.1. The molecule has 1 aliphatic heterocycles. The third-order valence-electron chi connectivity index (χ3n) is 5.48. The second-order valence-electron chi connectivity index (χ2n) is 8.19. The van der Waals surface area contributed by atoms with E-state index in [-0.39, 0.29) is 28.0 Å². The number of ketones is 1. The Labute approximate surface area is 212 Å². The predicted octanol–water partition coefficient (Wildman–Crippen LogP) is 6.28. The van der Waals surface area contributed by atoms with Gasteiger partial charge < -0.3 is 9.84 Å². The third-order valence-corrected chi connectivity index (χ3v) is 6.22. The number of benzene rings is 3. The minimum Gasteiger partial charge on any atom is -0.507 e. The number of anilines is 1. The van der Waals surface area contributed by atoms with Crippen LogP contribution < -0.4 is 9.64 Å². The number of ether oxygens (including phenoxy) is 1. The van der Waals surface area contributed by atoms with E-state index in [0.717, 1.165) is 0 Å². The van der Waals surface area contributed by atoms with Gasteiger partial charge in [-0.25, -0.2) is 0 Å². The van der Waals surface area contributed by atoms with E-state index in [2.05, 4.69) is 0 Å². The summed E-state index contributed by atoms with van der Waals surface area (Å²) in [5.41, 5.74) is 1.57. The van der Waals surface area contributed by atoms with Gasteiger partial charge in [0.2, 0.25) is 0 Å². The predicted molar refractivity (Wildman–Crippen MR) is 135 cm³/mol. The molecule has 8 heteroatoms. The van der Waals surface area contributed by atoms with Crippen molar-refractivity contribution in [1.82, 2.24) is 0 Å². The Balaban J connectivity index is 1.89. The van der Waals surface area contributed by atoms with E-state index in [9.17, 15) is 14.7 Å². The molecule has 0 saturated carbocycles. The number of amides is 1. The lowest BCUT2D eigenvalue weighted by molar-refractivity contribution is -0.132. The zero-order valence-corrected chi connectivity index (χ0v) is 20.3. The van der Waals surface area contributed by atoms with Crippen LogP contribution >= 0.6 is 23.2 Å². The molecule has 3 aromatic carbocycles. The van der Waals surface area contributed by atoms with E-state index < -0.39 is 17.7 Å². The molecule has 1 unspecified atom stereocenters. The van der Waals surface area contributed by atoms with Crippen LogP contribution in [0.25, 0.3) is 5.76 Å². The van der Waals surface area contributed by atoms with Gasteiger partial charge in [-0.05, 0) is 74.0 Å². The standard InChI is InChI=1S/C27H20Cl2N2O4/c1-15(2)35-20-10-5-17(6-11-20)24-23(25(32)18-7-12-21(28)22(29)13-18)26(33)27(34)31(24)19-8-3-16(14-30)4-9-19/h3-13,15,24,32H,1-2H3/b25-23-. The van der Waals surface area contributed by atoms with Crippen LogP contribution in [0, 0.1) is 11.3 Å². The van der Waals surface area contributed by atoms with Gasteiger partial charge in [0.1, 0.15) is 11.5 Å². The van der Waals surface area contributed by atoms with Crippen molar-refractivity contribution in [2.45, 2.75) is 26.0 Å². The maximum absolute atomic E-state index is 13.2. The van der Waals surface area contributed by atoms with E-state index in [4.69, 9.17) is 33.2 Å². The van der Waals surface area contributed by atoms with Gasteiger partial charge in [0, 0.05) is 11.3 Å². The number of rotatable bonds is 5. The number of hydrogen-bond acceptors (Lipinski definition) is 5. The minimum absolute atomic E-state index is 0.0280. The van der Waals surface area contributed by atoms with Gasteiger partial charge in [-0.1, -0.05) is 35.3 Å². The number of aliphatic hydroxyl groups excluding tert-OH is 1. The number of halogens is 2. The number of carbonyl (C=O) groups excluding carboxylic acids is 2. The highest BCUT2D eigenvalue weighted by Gasteiger charge is 2.47. The van der Waals surface area contributed by atoms with Crippen LogP contribution in [0.1, 0.15) is 36.6 Å². The van der Waals surface area contributed by atoms with Crippen LogP contribution in [0.2, 0.25) is 10.0 Å². The van der Waals surface area contributed by atoms with Gasteiger partial charge in [-0.15, -0.1) is 0 Å². The fraction of sp³-hybridized carbons (Fsp3) is 0.148. The van der Waals surface area contributed by atoms with Crippen LogP contribution in [-0.4, -0.2) is 22.9 Å². The average molecular weight is 507 g/mol. The normalized spacial score (nSPS) is 17.0. The molecule has 1 aliphatic rings. The maximum Gasteiger partial charge on any atom is 0.300 e. The van der Waals surface area contributed by atoms with E-state index in [0.29, 0.717) is 27.6 Å². The molecule has 6 nitrogen and oxygen atoms in total. The highest BCUT2D eigenvalue weighted by Crippen LogP contribution is 2.43. The van der Waals surface area contributed by atoms with Gasteiger partial charge >= 0.3 is 0 Å². The van der Waals surface area contributed by atoms with Crippen molar-refractivity contribution in [3.8, 4) is 11.8 Å². The molecular formula is C27H20Cl2N2O4. The van der Waals surface area contributed by atoms with Crippen molar-refractivity contribution in [2.24, 2.45) is 0 Å². The van der Waals surface area contributed by atoms with Gasteiger partial charge in [0.15, 0.2) is 0 Å². The summed E-state index contributed by atoms with van der Waals surface area (Å²) in [7, 11) is 0. The molecule has 0 spiro atoms. The van der Waals surface area contributed by atoms with Crippen molar-refractivity contribution in [3.05, 3.63) is 99.0 Å². The first-order chi connectivity index (χ1) is 16.7. The Kier molecular flexibility index (Phi) is 6.83. The molecule has 176 valence electrons. The summed E-state index contributed by atoms with van der Waals surface area (Å²) in [6.07, 6.45) is -0.0280. The molecule has 0 aliphatic carbocycles. The second-order valence-corrected chi connectivity index (χ2v) is 9.01. The summed E-state index contributed by atoms with van der Waals surface area (Å²) < 4.78 is 5.71. The number of hydrogen-bond donors (Lipinski definition) is 1. The molecule has 1 saturated heterocycles. The lowest BCUT2D eigenvalue weighted by atomic mass is 9.95. The first-order valence-corrected chi connectivity index (χ1v) is 11.5. The molecule has 0 radical (unpaired) electrons. The molecule has 1 N–H and O–H groups in total. The molecule has 3 aromatic rings. The Bertz CT molecular complexity index is 1370. The zero-order chi connectivity index (χ0) is 25.3. The Hall–Kier alpha value is -3.79. The van der Waals surface area contributed by atoms with Crippen LogP contribution in [-0.2, 0) is 9.59 Å². The van der Waals surface area contributed by atoms with Crippen LogP contribution in [0.3, 0.4) is 0 Å². The molecule has 1 amide bonds. The molecule has 35 heavy (non-hydrogen) atoms. The Morgan fingerprint density at radius 3 is 2.23 bits per heavy atom. The molecule has 4 rings (SSSR count). The SMILES string of the molecule is CC(C)Oc1ccc(C2/C(=C(/O)c3ccc(Cl)c(Cl)c3)C(=O)C(=O)N2c2ccc(C#N)cc2)cc1. The summed E-state index contributed by atoms with van der Waals surface area (Å²) in [4.78, 5) is 27.8. The monoisotopic (exact) mass is 506 g/mol. The van der Waals surface area contributed by atoms with Gasteiger partial charge in [0.25, 0.3) is 11.7 Å². The summed E-state index contributed by atoms with van der Waals surface area (Å²) in [6.45, 7) is 3.82. The van der Waals surface area contributed by atoms with E-state index >= 15 is 0 Å². The quantitative estimate of drug-likeness (QED) is 0.250. The second kappa shape index (κ2) is 9.83. The smallest absolute Gasteiger partial charge is 0.300 e. The van der Waals surface area contributed by atoms with Crippen molar-refractivity contribution < 1.29 is 19.4 Å². The van der Waals surface area contributed by atoms with Crippen LogP contribution in [0.4, 0.5) is 5.69 Å². The molecule has 0 bridgehead atoms. The van der Waals surface area contributed by atoms with E-state index in [1.165, 1.54) is 23.1 Å². The van der Waals surface area contributed by atoms with E-state index in [1.807, 2.05) is 19.9 Å². The lowest BCUT2D eigenvalue weighted by Crippen LogP contribution is -2.29.